The topological polar surface area (TPSA) is 76.1 Å². The van der Waals surface area contributed by atoms with Crippen LogP contribution in [0.4, 0.5) is 10.7 Å². The summed E-state index contributed by atoms with van der Waals surface area (Å²) in [4.78, 5) is 21.0. The van der Waals surface area contributed by atoms with E-state index in [0.717, 1.165) is 46.6 Å². The van der Waals surface area contributed by atoms with Crippen molar-refractivity contribution in [2.24, 2.45) is 0 Å². The highest BCUT2D eigenvalue weighted by molar-refractivity contribution is 9.10. The Bertz CT molecular complexity index is 827. The third kappa shape index (κ3) is 5.54. The first-order chi connectivity index (χ1) is 12.7. The smallest absolute Gasteiger partial charge is 0.407 e. The maximum Gasteiger partial charge on any atom is 0.407 e. The minimum Gasteiger partial charge on any atom is -0.444 e. The number of alkyl carbamates (subject to hydrolysis) is 1. The molecule has 1 aromatic carbocycles. The van der Waals surface area contributed by atoms with Crippen molar-refractivity contribution in [2.45, 2.75) is 71.1 Å². The van der Waals surface area contributed by atoms with Crippen molar-refractivity contribution in [2.75, 3.05) is 5.32 Å². The molecule has 1 fully saturated rings. The molecule has 0 atom stereocenters. The summed E-state index contributed by atoms with van der Waals surface area (Å²) < 4.78 is 6.40. The minimum absolute atomic E-state index is 0.162. The molecule has 1 aliphatic rings. The molecule has 0 unspecified atom stereocenters. The number of benzene rings is 1. The van der Waals surface area contributed by atoms with Crippen LogP contribution in [0.3, 0.4) is 0 Å². The van der Waals surface area contributed by atoms with Gasteiger partial charge in [-0.05, 0) is 71.1 Å². The summed E-state index contributed by atoms with van der Waals surface area (Å²) in [5.74, 6) is 0.660. The second-order valence-electron chi connectivity index (χ2n) is 8.19. The Morgan fingerprint density at radius 1 is 1.19 bits per heavy atom. The van der Waals surface area contributed by atoms with Crippen LogP contribution in [0.5, 0.6) is 0 Å². The summed E-state index contributed by atoms with van der Waals surface area (Å²) in [6.07, 6.45) is 5.26. The van der Waals surface area contributed by atoms with Crippen molar-refractivity contribution in [1.29, 1.82) is 0 Å². The number of hydrogen-bond acceptors (Lipinski definition) is 5. The Hall–Kier alpha value is -1.89. The number of carbonyl (C=O) groups is 1. The van der Waals surface area contributed by atoms with Crippen LogP contribution in [0, 0.1) is 6.92 Å². The van der Waals surface area contributed by atoms with Crippen molar-refractivity contribution in [1.82, 2.24) is 15.3 Å². The molecule has 1 aliphatic carbocycles. The van der Waals surface area contributed by atoms with Crippen LogP contribution < -0.4 is 10.6 Å². The molecule has 146 valence electrons. The number of halogens is 1. The number of aryl methyl sites for hydroxylation is 1. The zero-order valence-electron chi connectivity index (χ0n) is 16.3. The molecule has 0 radical (unpaired) electrons. The molecule has 1 aromatic heterocycles. The van der Waals surface area contributed by atoms with Crippen molar-refractivity contribution >= 4 is 38.9 Å². The van der Waals surface area contributed by atoms with Gasteiger partial charge in [0.25, 0.3) is 0 Å². The second kappa shape index (κ2) is 8.00. The van der Waals surface area contributed by atoms with Gasteiger partial charge in [0.2, 0.25) is 5.95 Å². The molecule has 1 amide bonds. The lowest BCUT2D eigenvalue weighted by atomic mass is 9.91. The van der Waals surface area contributed by atoms with Gasteiger partial charge in [0.1, 0.15) is 5.60 Å². The molecule has 6 nitrogen and oxygen atoms in total. The monoisotopic (exact) mass is 434 g/mol. The van der Waals surface area contributed by atoms with Gasteiger partial charge in [-0.25, -0.2) is 14.8 Å². The van der Waals surface area contributed by atoms with Crippen molar-refractivity contribution in [3.8, 4) is 0 Å². The van der Waals surface area contributed by atoms with Gasteiger partial charge in [-0.1, -0.05) is 15.9 Å². The van der Waals surface area contributed by atoms with Gasteiger partial charge in [0.15, 0.2) is 0 Å². The average Bonchev–Trinajstić information content (AvgIpc) is 2.56. The molecule has 1 saturated carbocycles. The Balaban J connectivity index is 1.54. The predicted octanol–water partition coefficient (Wildman–Crippen LogP) is 4.95. The van der Waals surface area contributed by atoms with E-state index in [1.807, 2.05) is 33.0 Å². The molecule has 0 saturated heterocycles. The van der Waals surface area contributed by atoms with E-state index in [0.29, 0.717) is 12.0 Å². The van der Waals surface area contributed by atoms with E-state index in [-0.39, 0.29) is 12.1 Å². The number of carbonyl (C=O) groups excluding carboxylic acids is 1. The molecule has 2 N–H and O–H groups in total. The number of amides is 1. The van der Waals surface area contributed by atoms with E-state index in [1.54, 1.807) is 0 Å². The molecule has 3 rings (SSSR count). The van der Waals surface area contributed by atoms with Gasteiger partial charge >= 0.3 is 6.09 Å². The summed E-state index contributed by atoms with van der Waals surface area (Å²) in [5, 5.41) is 7.43. The zero-order valence-corrected chi connectivity index (χ0v) is 17.9. The quantitative estimate of drug-likeness (QED) is 0.714. The van der Waals surface area contributed by atoms with Gasteiger partial charge in [-0.3, -0.25) is 0 Å². The van der Waals surface area contributed by atoms with E-state index in [9.17, 15) is 4.79 Å². The van der Waals surface area contributed by atoms with Gasteiger partial charge in [0, 0.05) is 28.1 Å². The number of anilines is 1. The standard InChI is InChI=1S/C20H27BrN4O2/c1-12-9-17-13(10-16(12)21)11-22-18(25-17)23-14-5-7-15(8-6-14)24-19(26)27-20(2,3)4/h9-11,14-15H,5-8H2,1-4H3,(H,24,26)(H,22,23,25). The van der Waals surface area contributed by atoms with Gasteiger partial charge < -0.3 is 15.4 Å². The fourth-order valence-electron chi connectivity index (χ4n) is 3.26. The third-order valence-corrected chi connectivity index (χ3v) is 5.50. The SMILES string of the molecule is Cc1cc2nc(NC3CCC(NC(=O)OC(C)(C)C)CC3)ncc2cc1Br. The van der Waals surface area contributed by atoms with Crippen molar-refractivity contribution in [3.63, 3.8) is 0 Å². The first kappa shape index (κ1) is 19.9. The summed E-state index contributed by atoms with van der Waals surface area (Å²) in [6.45, 7) is 7.67. The lowest BCUT2D eigenvalue weighted by Crippen LogP contribution is -2.42. The Kier molecular flexibility index (Phi) is 5.89. The number of nitrogens with zero attached hydrogens (tertiary/aromatic N) is 2. The molecular weight excluding hydrogens is 408 g/mol. The minimum atomic E-state index is -0.468. The Labute approximate surface area is 168 Å². The van der Waals surface area contributed by atoms with E-state index in [1.165, 1.54) is 0 Å². The first-order valence-corrected chi connectivity index (χ1v) is 10.2. The number of hydrogen-bond donors (Lipinski definition) is 2. The van der Waals surface area contributed by atoms with Crippen LogP contribution in [0.25, 0.3) is 10.9 Å². The number of fused-ring (bicyclic) bond motifs is 1. The molecule has 0 spiro atoms. The van der Waals surface area contributed by atoms with Crippen LogP contribution in [0.15, 0.2) is 22.8 Å². The molecule has 1 heterocycles. The number of ether oxygens (including phenoxy) is 1. The summed E-state index contributed by atoms with van der Waals surface area (Å²) in [6, 6.07) is 4.58. The second-order valence-corrected chi connectivity index (χ2v) is 9.05. The van der Waals surface area contributed by atoms with Gasteiger partial charge in [0.05, 0.1) is 5.52 Å². The highest BCUT2D eigenvalue weighted by Crippen LogP contribution is 2.25. The van der Waals surface area contributed by atoms with Crippen LogP contribution in [0.1, 0.15) is 52.0 Å². The normalized spacial score (nSPS) is 20.3. The molecular formula is C20H27BrN4O2. The van der Waals surface area contributed by atoms with Crippen LogP contribution in [-0.2, 0) is 4.74 Å². The zero-order chi connectivity index (χ0) is 19.6. The van der Waals surface area contributed by atoms with E-state index >= 15 is 0 Å². The fourth-order valence-corrected chi connectivity index (χ4v) is 3.63. The summed E-state index contributed by atoms with van der Waals surface area (Å²) in [5.41, 5.74) is 1.62. The number of nitrogens with one attached hydrogen (secondary N) is 2. The van der Waals surface area contributed by atoms with Crippen molar-refractivity contribution in [3.05, 3.63) is 28.4 Å². The summed E-state index contributed by atoms with van der Waals surface area (Å²) in [7, 11) is 0. The maximum atomic E-state index is 11.9. The summed E-state index contributed by atoms with van der Waals surface area (Å²) >= 11 is 3.54. The highest BCUT2D eigenvalue weighted by atomic mass is 79.9. The lowest BCUT2D eigenvalue weighted by molar-refractivity contribution is 0.0492. The molecule has 0 aliphatic heterocycles. The van der Waals surface area contributed by atoms with Crippen LogP contribution >= 0.6 is 15.9 Å². The first-order valence-electron chi connectivity index (χ1n) is 9.38. The fraction of sp³-hybridized carbons (Fsp3) is 0.550. The number of rotatable bonds is 3. The lowest BCUT2D eigenvalue weighted by Gasteiger charge is -2.30. The highest BCUT2D eigenvalue weighted by Gasteiger charge is 2.25. The largest absolute Gasteiger partial charge is 0.444 e. The predicted molar refractivity (Wildman–Crippen MR) is 111 cm³/mol. The maximum absolute atomic E-state index is 11.9. The third-order valence-electron chi connectivity index (χ3n) is 4.64. The molecule has 0 bridgehead atoms. The van der Waals surface area contributed by atoms with Gasteiger partial charge in [-0.15, -0.1) is 0 Å². The van der Waals surface area contributed by atoms with Gasteiger partial charge in [-0.2, -0.15) is 0 Å². The van der Waals surface area contributed by atoms with E-state index in [2.05, 4.69) is 49.5 Å². The van der Waals surface area contributed by atoms with E-state index < -0.39 is 5.60 Å². The average molecular weight is 435 g/mol. The molecule has 27 heavy (non-hydrogen) atoms. The Morgan fingerprint density at radius 2 is 1.85 bits per heavy atom. The Morgan fingerprint density at radius 3 is 2.52 bits per heavy atom. The van der Waals surface area contributed by atoms with E-state index in [4.69, 9.17) is 4.74 Å². The number of aromatic nitrogens is 2. The molecule has 2 aromatic rings. The van der Waals surface area contributed by atoms with Crippen molar-refractivity contribution < 1.29 is 9.53 Å². The van der Waals surface area contributed by atoms with Crippen LogP contribution in [-0.4, -0.2) is 33.7 Å². The molecule has 7 heteroatoms. The van der Waals surface area contributed by atoms with Crippen LogP contribution in [0.2, 0.25) is 0 Å².